The molecule has 1 saturated heterocycles. The Balaban J connectivity index is 2.01. The maximum absolute atomic E-state index is 11.7. The van der Waals surface area contributed by atoms with E-state index in [0.29, 0.717) is 5.76 Å². The maximum atomic E-state index is 11.7. The lowest BCUT2D eigenvalue weighted by molar-refractivity contribution is -0.233. The van der Waals surface area contributed by atoms with Gasteiger partial charge in [0.05, 0.1) is 6.26 Å². The third-order valence-corrected chi connectivity index (χ3v) is 3.08. The fourth-order valence-corrected chi connectivity index (χ4v) is 1.94. The van der Waals surface area contributed by atoms with Crippen molar-refractivity contribution in [3.8, 4) is 0 Å². The van der Waals surface area contributed by atoms with Crippen LogP contribution >= 0.6 is 0 Å². The van der Waals surface area contributed by atoms with E-state index in [-0.39, 0.29) is 0 Å². The van der Waals surface area contributed by atoms with Crippen LogP contribution in [0.3, 0.4) is 0 Å². The van der Waals surface area contributed by atoms with Gasteiger partial charge in [0.25, 0.3) is 0 Å². The Morgan fingerprint density at radius 2 is 1.91 bits per heavy atom. The monoisotopic (exact) mass is 313 g/mol. The number of carbonyl (C=O) groups excluding carboxylic acids is 1. The molecule has 0 aromatic carbocycles. The summed E-state index contributed by atoms with van der Waals surface area (Å²) in [5, 5.41) is 39.9. The molecule has 5 N–H and O–H groups in total. The first kappa shape index (κ1) is 16.2. The highest BCUT2D eigenvalue weighted by molar-refractivity contribution is 5.91. The van der Waals surface area contributed by atoms with Crippen LogP contribution < -0.4 is 5.32 Å². The van der Waals surface area contributed by atoms with Gasteiger partial charge in [0.2, 0.25) is 5.91 Å². The third kappa shape index (κ3) is 3.52. The zero-order valence-electron chi connectivity index (χ0n) is 11.2. The van der Waals surface area contributed by atoms with Crippen molar-refractivity contribution >= 4 is 18.0 Å². The minimum Gasteiger partial charge on any atom is -0.479 e. The third-order valence-electron chi connectivity index (χ3n) is 3.08. The highest BCUT2D eigenvalue weighted by Crippen LogP contribution is 2.20. The van der Waals surface area contributed by atoms with Gasteiger partial charge in [-0.25, -0.2) is 4.79 Å². The van der Waals surface area contributed by atoms with Gasteiger partial charge < -0.3 is 34.9 Å². The van der Waals surface area contributed by atoms with E-state index in [2.05, 4.69) is 5.32 Å². The number of rotatable bonds is 4. The summed E-state index contributed by atoms with van der Waals surface area (Å²) in [5.74, 6) is -1.81. The molecule has 1 fully saturated rings. The number of nitrogens with one attached hydrogen (secondary N) is 1. The van der Waals surface area contributed by atoms with Crippen molar-refractivity contribution in [1.29, 1.82) is 0 Å². The number of carboxylic acids is 1. The fraction of sp³-hybridized carbons (Fsp3) is 0.385. The van der Waals surface area contributed by atoms with Crippen LogP contribution in [0.4, 0.5) is 0 Å². The second-order valence-electron chi connectivity index (χ2n) is 4.64. The molecular weight excluding hydrogens is 298 g/mol. The Bertz CT molecular complexity index is 554. The van der Waals surface area contributed by atoms with Gasteiger partial charge in [-0.1, -0.05) is 0 Å². The Morgan fingerprint density at radius 1 is 1.18 bits per heavy atom. The van der Waals surface area contributed by atoms with Crippen LogP contribution in [0.25, 0.3) is 6.08 Å². The molecule has 1 aromatic heterocycles. The predicted octanol–water partition coefficient (Wildman–Crippen LogP) is -1.70. The first-order chi connectivity index (χ1) is 10.4. The SMILES string of the molecule is O=C(/C=C/c1ccco1)N[C@@H]1O[C@H](C(=O)O)[C@@H](O)[C@H](O)[C@H]1O. The second kappa shape index (κ2) is 6.71. The van der Waals surface area contributed by atoms with Crippen LogP contribution in [0.5, 0.6) is 0 Å². The van der Waals surface area contributed by atoms with Crippen LogP contribution in [0, 0.1) is 0 Å². The fourth-order valence-electron chi connectivity index (χ4n) is 1.94. The van der Waals surface area contributed by atoms with E-state index in [1.54, 1.807) is 12.1 Å². The van der Waals surface area contributed by atoms with Crippen LogP contribution in [-0.2, 0) is 14.3 Å². The minimum absolute atomic E-state index is 0.416. The topological polar surface area (TPSA) is 149 Å². The smallest absolute Gasteiger partial charge is 0.335 e. The van der Waals surface area contributed by atoms with Gasteiger partial charge in [0.15, 0.2) is 12.3 Å². The number of carbonyl (C=O) groups is 2. The predicted molar refractivity (Wildman–Crippen MR) is 70.2 cm³/mol. The van der Waals surface area contributed by atoms with Gasteiger partial charge in [-0.3, -0.25) is 4.79 Å². The van der Waals surface area contributed by atoms with Crippen molar-refractivity contribution in [2.45, 2.75) is 30.6 Å². The van der Waals surface area contributed by atoms with Crippen molar-refractivity contribution in [2.24, 2.45) is 0 Å². The summed E-state index contributed by atoms with van der Waals surface area (Å²) in [7, 11) is 0. The summed E-state index contributed by atoms with van der Waals surface area (Å²) in [6.07, 6.45) is -4.64. The molecule has 0 unspecified atom stereocenters. The molecule has 120 valence electrons. The van der Waals surface area contributed by atoms with Crippen molar-refractivity contribution in [1.82, 2.24) is 5.32 Å². The summed E-state index contributed by atoms with van der Waals surface area (Å²) >= 11 is 0. The van der Waals surface area contributed by atoms with E-state index < -0.39 is 42.5 Å². The van der Waals surface area contributed by atoms with E-state index in [1.165, 1.54) is 12.3 Å². The summed E-state index contributed by atoms with van der Waals surface area (Å²) in [4.78, 5) is 22.6. The van der Waals surface area contributed by atoms with E-state index in [1.807, 2.05) is 0 Å². The highest BCUT2D eigenvalue weighted by Gasteiger charge is 2.47. The van der Waals surface area contributed by atoms with Gasteiger partial charge in [0.1, 0.15) is 24.1 Å². The van der Waals surface area contributed by atoms with Crippen LogP contribution in [0.2, 0.25) is 0 Å². The van der Waals surface area contributed by atoms with Crippen molar-refractivity contribution in [3.05, 3.63) is 30.2 Å². The molecule has 2 heterocycles. The number of hydrogen-bond donors (Lipinski definition) is 5. The summed E-state index contributed by atoms with van der Waals surface area (Å²) in [5.41, 5.74) is 0. The van der Waals surface area contributed by atoms with Crippen molar-refractivity contribution in [2.75, 3.05) is 0 Å². The van der Waals surface area contributed by atoms with Gasteiger partial charge in [-0.2, -0.15) is 0 Å². The highest BCUT2D eigenvalue weighted by atomic mass is 16.6. The summed E-state index contributed by atoms with van der Waals surface area (Å²) < 4.78 is 9.88. The van der Waals surface area contributed by atoms with E-state index in [9.17, 15) is 24.9 Å². The van der Waals surface area contributed by atoms with Crippen molar-refractivity contribution < 1.29 is 39.2 Å². The van der Waals surface area contributed by atoms with Crippen LogP contribution in [-0.4, -0.2) is 62.9 Å². The number of hydrogen-bond acceptors (Lipinski definition) is 7. The van der Waals surface area contributed by atoms with E-state index in [4.69, 9.17) is 14.3 Å². The Labute approximate surface area is 124 Å². The molecule has 1 aliphatic heterocycles. The maximum Gasteiger partial charge on any atom is 0.335 e. The zero-order valence-corrected chi connectivity index (χ0v) is 11.2. The number of ether oxygens (including phenoxy) is 1. The first-order valence-corrected chi connectivity index (χ1v) is 6.34. The normalized spacial score (nSPS) is 32.0. The number of aliphatic carboxylic acids is 1. The summed E-state index contributed by atoms with van der Waals surface area (Å²) in [6, 6.07) is 3.23. The van der Waals surface area contributed by atoms with Crippen molar-refractivity contribution in [3.63, 3.8) is 0 Å². The number of aliphatic hydroxyl groups excluding tert-OH is 3. The molecule has 0 aliphatic carbocycles. The molecule has 0 spiro atoms. The standard InChI is InChI=1S/C13H15NO8/c15-7(4-3-6-2-1-5-21-6)14-12-10(18)8(16)9(17)11(22-12)13(19)20/h1-5,8-12,16-18H,(H,14,15)(H,19,20)/b4-3+/t8-,9-,10+,11-,12+/m0/s1. The Kier molecular flexibility index (Phi) is 4.93. The van der Waals surface area contributed by atoms with E-state index >= 15 is 0 Å². The second-order valence-corrected chi connectivity index (χ2v) is 4.64. The van der Waals surface area contributed by atoms with Crippen LogP contribution in [0.15, 0.2) is 28.9 Å². The largest absolute Gasteiger partial charge is 0.479 e. The molecule has 0 radical (unpaired) electrons. The molecule has 0 saturated carbocycles. The Hall–Kier alpha value is -2.20. The number of furan rings is 1. The number of amides is 1. The first-order valence-electron chi connectivity index (χ1n) is 6.34. The molecule has 5 atom stereocenters. The molecule has 1 amide bonds. The van der Waals surface area contributed by atoms with Gasteiger partial charge in [-0.15, -0.1) is 0 Å². The van der Waals surface area contributed by atoms with E-state index in [0.717, 1.165) is 6.08 Å². The van der Waals surface area contributed by atoms with Gasteiger partial charge in [0, 0.05) is 6.08 Å². The average Bonchev–Trinajstić information content (AvgIpc) is 2.98. The molecule has 1 aliphatic rings. The van der Waals surface area contributed by atoms with Gasteiger partial charge in [-0.05, 0) is 18.2 Å². The Morgan fingerprint density at radius 3 is 2.50 bits per heavy atom. The zero-order chi connectivity index (χ0) is 16.3. The summed E-state index contributed by atoms with van der Waals surface area (Å²) in [6.45, 7) is 0. The minimum atomic E-state index is -1.81. The molecule has 1 aromatic rings. The molecule has 9 heteroatoms. The number of aliphatic hydroxyl groups is 3. The number of carboxylic acid groups (broad SMARTS) is 1. The lowest BCUT2D eigenvalue weighted by Crippen LogP contribution is -2.64. The quantitative estimate of drug-likeness (QED) is 0.413. The molecule has 9 nitrogen and oxygen atoms in total. The van der Waals surface area contributed by atoms with Gasteiger partial charge >= 0.3 is 5.97 Å². The van der Waals surface area contributed by atoms with Crippen LogP contribution in [0.1, 0.15) is 5.76 Å². The average molecular weight is 313 g/mol. The molecule has 2 rings (SSSR count). The lowest BCUT2D eigenvalue weighted by atomic mass is 9.98. The molecular formula is C13H15NO8. The molecule has 0 bridgehead atoms. The molecule has 22 heavy (non-hydrogen) atoms. The lowest BCUT2D eigenvalue weighted by Gasteiger charge is -2.38.